The zero-order valence-electron chi connectivity index (χ0n) is 10.3. The Morgan fingerprint density at radius 3 is 1.68 bits per heavy atom. The van der Waals surface area contributed by atoms with Crippen molar-refractivity contribution in [1.82, 2.24) is 0 Å². The number of aryl methyl sites for hydroxylation is 1. The monoisotopic (exact) mass is 262 g/mol. The van der Waals surface area contributed by atoms with Crippen molar-refractivity contribution in [2.75, 3.05) is 0 Å². The van der Waals surface area contributed by atoms with Crippen molar-refractivity contribution in [3.05, 3.63) is 71.3 Å². The van der Waals surface area contributed by atoms with Gasteiger partial charge < -0.3 is 0 Å². The smallest absolute Gasteiger partial charge is 0.289 e. The molecular weight excluding hydrogens is 250 g/mol. The average Bonchev–Trinajstić information content (AvgIpc) is 2.39. The summed E-state index contributed by atoms with van der Waals surface area (Å²) in [5.74, 6) is 0.0793. The highest BCUT2D eigenvalue weighted by Gasteiger charge is 2.06. The molecule has 2 nitrogen and oxygen atoms in total. The number of carbonyl (C=O) groups is 2. The maximum atomic E-state index is 12.0. The van der Waals surface area contributed by atoms with Crippen LogP contribution >= 0.6 is 0 Å². The third-order valence-corrected chi connectivity index (χ3v) is 2.35. The van der Waals surface area contributed by atoms with Crippen molar-refractivity contribution in [1.29, 1.82) is 0 Å². The normalized spacial score (nSPS) is 9.21. The van der Waals surface area contributed by atoms with Crippen LogP contribution < -0.4 is 0 Å². The molecule has 0 aliphatic carbocycles. The van der Waals surface area contributed by atoms with E-state index in [1.165, 1.54) is 5.56 Å². The summed E-state index contributed by atoms with van der Waals surface area (Å²) >= 11 is 0. The van der Waals surface area contributed by atoms with Gasteiger partial charge in [-0.1, -0.05) is 60.2 Å². The molecule has 0 aliphatic heterocycles. The largest absolute Gasteiger partial charge is 0.483 e. The summed E-state index contributed by atoms with van der Waals surface area (Å²) in [6.07, 6.45) is -2.83. The molecule has 0 spiro atoms. The third kappa shape index (κ3) is 5.21. The number of rotatable bonds is 2. The Labute approximate surface area is 109 Å². The van der Waals surface area contributed by atoms with Crippen LogP contribution in [0.1, 0.15) is 21.5 Å². The van der Waals surface area contributed by atoms with Gasteiger partial charge in [0.2, 0.25) is 0 Å². The highest BCUT2D eigenvalue weighted by molar-refractivity contribution is 6.08. The topological polar surface area (TPSA) is 34.1 Å². The number of hydrogen-bond acceptors (Lipinski definition) is 2. The van der Waals surface area contributed by atoms with E-state index in [0.717, 1.165) is 11.1 Å². The second-order valence-electron chi connectivity index (χ2n) is 3.79. The van der Waals surface area contributed by atoms with E-state index in [2.05, 4.69) is 0 Å². The van der Waals surface area contributed by atoms with Crippen LogP contribution in [0.2, 0.25) is 0 Å². The lowest BCUT2D eigenvalue weighted by Gasteiger charge is -2.00. The van der Waals surface area contributed by atoms with Crippen LogP contribution in [0.15, 0.2) is 54.6 Å². The van der Waals surface area contributed by atoms with Gasteiger partial charge in [0.1, 0.15) is 0 Å². The number of ketones is 1. The van der Waals surface area contributed by atoms with Gasteiger partial charge in [-0.25, -0.2) is 4.79 Å². The molecule has 0 N–H and O–H groups in total. The van der Waals surface area contributed by atoms with Gasteiger partial charge in [0.15, 0.2) is 5.78 Å². The molecule has 0 fully saturated rings. The van der Waals surface area contributed by atoms with Gasteiger partial charge in [-0.15, -0.1) is 8.78 Å². The summed E-state index contributed by atoms with van der Waals surface area (Å²) in [5.41, 5.74) is 2.65. The Kier molecular flexibility index (Phi) is 5.54. The molecule has 0 amide bonds. The van der Waals surface area contributed by atoms with E-state index in [-0.39, 0.29) is 5.78 Å². The quantitative estimate of drug-likeness (QED) is 0.598. The van der Waals surface area contributed by atoms with E-state index in [4.69, 9.17) is 4.79 Å². The van der Waals surface area contributed by atoms with Gasteiger partial charge in [-0.05, 0) is 6.92 Å². The van der Waals surface area contributed by atoms with Gasteiger partial charge in [-0.2, -0.15) is 0 Å². The van der Waals surface area contributed by atoms with E-state index >= 15 is 0 Å². The molecule has 0 atom stereocenters. The van der Waals surface area contributed by atoms with Crippen LogP contribution in [-0.4, -0.2) is 12.1 Å². The van der Waals surface area contributed by atoms with Gasteiger partial charge >= 0.3 is 6.29 Å². The molecule has 2 rings (SSSR count). The SMILES string of the molecule is Cc1ccc(C(=O)c2ccccc2)cc1.O=C(F)F. The minimum Gasteiger partial charge on any atom is -0.289 e. The molecule has 4 heteroatoms. The maximum absolute atomic E-state index is 12.0. The summed E-state index contributed by atoms with van der Waals surface area (Å²) < 4.78 is 19.4. The highest BCUT2D eigenvalue weighted by Crippen LogP contribution is 2.10. The first-order valence-electron chi connectivity index (χ1n) is 5.52. The molecule has 98 valence electrons. The Bertz CT molecular complexity index is 544. The predicted molar refractivity (Wildman–Crippen MR) is 68.7 cm³/mol. The third-order valence-electron chi connectivity index (χ3n) is 2.35. The molecule has 0 saturated heterocycles. The molecule has 0 saturated carbocycles. The predicted octanol–water partition coefficient (Wildman–Crippen LogP) is 4.27. The van der Waals surface area contributed by atoms with Crippen LogP contribution in [0, 0.1) is 6.92 Å². The number of carbonyl (C=O) groups excluding carboxylic acids is 2. The van der Waals surface area contributed by atoms with Crippen LogP contribution in [-0.2, 0) is 0 Å². The van der Waals surface area contributed by atoms with Gasteiger partial charge in [0, 0.05) is 11.1 Å². The summed E-state index contributed by atoms with van der Waals surface area (Å²) in [4.78, 5) is 20.1. The lowest BCUT2D eigenvalue weighted by molar-refractivity contribution is 0.103. The van der Waals surface area contributed by atoms with Crippen LogP contribution in [0.4, 0.5) is 13.6 Å². The second kappa shape index (κ2) is 7.16. The number of hydrogen-bond donors (Lipinski definition) is 0. The maximum Gasteiger partial charge on any atom is 0.483 e. The first-order valence-corrected chi connectivity index (χ1v) is 5.52. The summed E-state index contributed by atoms with van der Waals surface area (Å²) in [6.45, 7) is 2.01. The fourth-order valence-electron chi connectivity index (χ4n) is 1.46. The first-order chi connectivity index (χ1) is 9.00. The van der Waals surface area contributed by atoms with Gasteiger partial charge in [0.05, 0.1) is 0 Å². The van der Waals surface area contributed by atoms with Crippen molar-refractivity contribution in [3.8, 4) is 0 Å². The second-order valence-corrected chi connectivity index (χ2v) is 3.79. The van der Waals surface area contributed by atoms with E-state index in [1.54, 1.807) is 0 Å². The first kappa shape index (κ1) is 14.7. The Balaban J connectivity index is 0.000000399. The molecule has 0 heterocycles. The molecular formula is C15H12F2O2. The van der Waals surface area contributed by atoms with Crippen molar-refractivity contribution in [2.45, 2.75) is 6.92 Å². The molecule has 0 aromatic heterocycles. The lowest BCUT2D eigenvalue weighted by Crippen LogP contribution is -2.00. The number of halogens is 2. The molecule has 2 aromatic rings. The summed E-state index contributed by atoms with van der Waals surface area (Å²) in [6, 6.07) is 17.0. The van der Waals surface area contributed by atoms with Gasteiger partial charge in [-0.3, -0.25) is 4.79 Å². The fourth-order valence-corrected chi connectivity index (χ4v) is 1.46. The molecule has 2 aromatic carbocycles. The number of benzene rings is 2. The summed E-state index contributed by atoms with van der Waals surface area (Å²) in [5, 5.41) is 0. The van der Waals surface area contributed by atoms with Crippen LogP contribution in [0.25, 0.3) is 0 Å². The highest BCUT2D eigenvalue weighted by atomic mass is 19.3. The Morgan fingerprint density at radius 1 is 0.789 bits per heavy atom. The van der Waals surface area contributed by atoms with Crippen LogP contribution in [0.5, 0.6) is 0 Å². The van der Waals surface area contributed by atoms with E-state index in [9.17, 15) is 13.6 Å². The Hall–Kier alpha value is -2.36. The lowest BCUT2D eigenvalue weighted by atomic mass is 10.0. The fraction of sp³-hybridized carbons (Fsp3) is 0.0667. The van der Waals surface area contributed by atoms with Crippen molar-refractivity contribution >= 4 is 12.1 Å². The zero-order valence-corrected chi connectivity index (χ0v) is 10.3. The van der Waals surface area contributed by atoms with Gasteiger partial charge in [0.25, 0.3) is 0 Å². The molecule has 19 heavy (non-hydrogen) atoms. The van der Waals surface area contributed by atoms with E-state index < -0.39 is 6.29 Å². The zero-order chi connectivity index (χ0) is 14.3. The standard InChI is InChI=1S/C14H12O.CF2O/c1-11-7-9-13(10-8-11)14(15)12-5-3-2-4-6-12;2-1(3)4/h2-10H,1H3;. The summed E-state index contributed by atoms with van der Waals surface area (Å²) in [7, 11) is 0. The van der Waals surface area contributed by atoms with Crippen molar-refractivity contribution in [2.24, 2.45) is 0 Å². The van der Waals surface area contributed by atoms with E-state index in [1.807, 2.05) is 61.5 Å². The Morgan fingerprint density at radius 2 is 1.21 bits per heavy atom. The van der Waals surface area contributed by atoms with Crippen molar-refractivity contribution < 1.29 is 18.4 Å². The van der Waals surface area contributed by atoms with E-state index in [0.29, 0.717) is 0 Å². The molecule has 0 aliphatic rings. The molecule has 0 radical (unpaired) electrons. The molecule has 0 bridgehead atoms. The minimum atomic E-state index is -2.83. The molecule has 0 unspecified atom stereocenters. The average molecular weight is 262 g/mol. The van der Waals surface area contributed by atoms with Crippen LogP contribution in [0.3, 0.4) is 0 Å². The minimum absolute atomic E-state index is 0.0793. The van der Waals surface area contributed by atoms with Crippen molar-refractivity contribution in [3.63, 3.8) is 0 Å².